The summed E-state index contributed by atoms with van der Waals surface area (Å²) >= 11 is 0. The van der Waals surface area contributed by atoms with Crippen molar-refractivity contribution in [3.8, 4) is 5.75 Å². The van der Waals surface area contributed by atoms with E-state index >= 15 is 0 Å². The molecule has 0 aromatic heterocycles. The molecule has 0 aliphatic heterocycles. The molecule has 1 atom stereocenters. The second-order valence-electron chi connectivity index (χ2n) is 4.85. The van der Waals surface area contributed by atoms with Crippen molar-refractivity contribution in [2.75, 3.05) is 13.7 Å². The molecule has 2 aromatic rings. The molecule has 100 valence electrons. The lowest BCUT2D eigenvalue weighted by molar-refractivity contribution is 0.264. The van der Waals surface area contributed by atoms with E-state index in [1.54, 1.807) is 7.11 Å². The first-order valence-electron chi connectivity index (χ1n) is 6.53. The molecule has 0 spiro atoms. The van der Waals surface area contributed by atoms with Gasteiger partial charge in [0.2, 0.25) is 0 Å². The third-order valence-corrected chi connectivity index (χ3v) is 3.35. The van der Waals surface area contributed by atoms with Crippen LogP contribution in [0.5, 0.6) is 5.75 Å². The molecule has 0 saturated carbocycles. The van der Waals surface area contributed by atoms with Crippen molar-refractivity contribution < 1.29 is 9.84 Å². The maximum Gasteiger partial charge on any atom is 0.119 e. The van der Waals surface area contributed by atoms with Crippen LogP contribution in [0, 0.1) is 6.92 Å². The molecule has 19 heavy (non-hydrogen) atoms. The first-order valence-corrected chi connectivity index (χ1v) is 6.53. The zero-order valence-corrected chi connectivity index (χ0v) is 11.5. The number of aliphatic hydroxyl groups is 1. The number of hydrogen-bond acceptors (Lipinski definition) is 2. The maximum atomic E-state index is 9.63. The van der Waals surface area contributed by atoms with Crippen LogP contribution in [0.4, 0.5) is 0 Å². The zero-order valence-electron chi connectivity index (χ0n) is 11.5. The summed E-state index contributed by atoms with van der Waals surface area (Å²) in [5, 5.41) is 9.63. The summed E-state index contributed by atoms with van der Waals surface area (Å²) in [6.07, 6.45) is 0.817. The monoisotopic (exact) mass is 256 g/mol. The van der Waals surface area contributed by atoms with E-state index in [0.29, 0.717) is 0 Å². The van der Waals surface area contributed by atoms with Crippen LogP contribution in [0.3, 0.4) is 0 Å². The molecule has 0 heterocycles. The van der Waals surface area contributed by atoms with Crippen LogP contribution in [0.25, 0.3) is 0 Å². The quantitative estimate of drug-likeness (QED) is 0.889. The molecule has 0 amide bonds. The first kappa shape index (κ1) is 13.6. The van der Waals surface area contributed by atoms with Crippen LogP contribution in [-0.2, 0) is 6.42 Å². The van der Waals surface area contributed by atoms with Gasteiger partial charge in [-0.2, -0.15) is 0 Å². The van der Waals surface area contributed by atoms with E-state index in [4.69, 9.17) is 4.74 Å². The van der Waals surface area contributed by atoms with E-state index in [9.17, 15) is 5.11 Å². The molecule has 0 bridgehead atoms. The lowest BCUT2D eigenvalue weighted by Crippen LogP contribution is -2.08. The van der Waals surface area contributed by atoms with Crippen molar-refractivity contribution >= 4 is 0 Å². The maximum absolute atomic E-state index is 9.63. The SMILES string of the molecule is COc1cccc(CC(CO)c2cccc(C)c2)c1. The van der Waals surface area contributed by atoms with Gasteiger partial charge in [-0.1, -0.05) is 42.0 Å². The minimum atomic E-state index is 0.131. The third-order valence-electron chi connectivity index (χ3n) is 3.35. The molecule has 0 fully saturated rings. The zero-order chi connectivity index (χ0) is 13.7. The van der Waals surface area contributed by atoms with Crippen molar-refractivity contribution in [1.82, 2.24) is 0 Å². The fourth-order valence-corrected chi connectivity index (χ4v) is 2.30. The van der Waals surface area contributed by atoms with Gasteiger partial charge in [0.05, 0.1) is 13.7 Å². The average molecular weight is 256 g/mol. The Morgan fingerprint density at radius 2 is 1.89 bits per heavy atom. The predicted octanol–water partition coefficient (Wildman–Crippen LogP) is 3.32. The Hall–Kier alpha value is -1.80. The lowest BCUT2D eigenvalue weighted by Gasteiger charge is -2.16. The summed E-state index contributed by atoms with van der Waals surface area (Å²) in [6.45, 7) is 2.23. The van der Waals surface area contributed by atoms with Gasteiger partial charge in [-0.25, -0.2) is 0 Å². The number of ether oxygens (including phenoxy) is 1. The Kier molecular flexibility index (Phi) is 4.58. The van der Waals surface area contributed by atoms with E-state index in [1.165, 1.54) is 16.7 Å². The highest BCUT2D eigenvalue weighted by atomic mass is 16.5. The highest BCUT2D eigenvalue weighted by Crippen LogP contribution is 2.23. The number of aryl methyl sites for hydroxylation is 1. The van der Waals surface area contributed by atoms with Crippen LogP contribution in [-0.4, -0.2) is 18.8 Å². The van der Waals surface area contributed by atoms with Gasteiger partial charge in [0, 0.05) is 5.92 Å². The number of rotatable bonds is 5. The van der Waals surface area contributed by atoms with Crippen molar-refractivity contribution in [3.05, 3.63) is 65.2 Å². The molecule has 2 heteroatoms. The van der Waals surface area contributed by atoms with Crippen LogP contribution in [0.1, 0.15) is 22.6 Å². The molecule has 0 aliphatic carbocycles. The Morgan fingerprint density at radius 3 is 2.58 bits per heavy atom. The van der Waals surface area contributed by atoms with E-state index in [1.807, 2.05) is 24.3 Å². The molecule has 2 aromatic carbocycles. The fourth-order valence-electron chi connectivity index (χ4n) is 2.30. The number of aliphatic hydroxyl groups excluding tert-OH is 1. The van der Waals surface area contributed by atoms with Gasteiger partial charge in [-0.15, -0.1) is 0 Å². The summed E-state index contributed by atoms with van der Waals surface area (Å²) in [5.41, 5.74) is 3.59. The highest BCUT2D eigenvalue weighted by molar-refractivity contribution is 5.32. The Labute approximate surface area is 114 Å². The van der Waals surface area contributed by atoms with Crippen molar-refractivity contribution in [2.24, 2.45) is 0 Å². The topological polar surface area (TPSA) is 29.5 Å². The molecule has 2 rings (SSSR count). The molecule has 0 aliphatic rings. The largest absolute Gasteiger partial charge is 0.497 e. The first-order chi connectivity index (χ1) is 9.22. The van der Waals surface area contributed by atoms with Gasteiger partial charge in [0.25, 0.3) is 0 Å². The lowest BCUT2D eigenvalue weighted by atomic mass is 9.92. The van der Waals surface area contributed by atoms with Crippen molar-refractivity contribution in [3.63, 3.8) is 0 Å². The minimum absolute atomic E-state index is 0.131. The molecule has 1 N–H and O–H groups in total. The van der Waals surface area contributed by atoms with E-state index in [0.717, 1.165) is 12.2 Å². The number of benzene rings is 2. The standard InChI is InChI=1S/C17H20O2/c1-13-5-3-7-15(9-13)16(12-18)10-14-6-4-8-17(11-14)19-2/h3-9,11,16,18H,10,12H2,1-2H3. The summed E-state index contributed by atoms with van der Waals surface area (Å²) < 4.78 is 5.23. The van der Waals surface area contributed by atoms with Crippen LogP contribution >= 0.6 is 0 Å². The smallest absolute Gasteiger partial charge is 0.119 e. The fraction of sp³-hybridized carbons (Fsp3) is 0.294. The van der Waals surface area contributed by atoms with Crippen molar-refractivity contribution in [2.45, 2.75) is 19.3 Å². The normalized spacial score (nSPS) is 12.2. The van der Waals surface area contributed by atoms with E-state index in [2.05, 4.69) is 31.2 Å². The van der Waals surface area contributed by atoms with Crippen LogP contribution in [0.2, 0.25) is 0 Å². The third kappa shape index (κ3) is 3.58. The van der Waals surface area contributed by atoms with Crippen LogP contribution < -0.4 is 4.74 Å². The van der Waals surface area contributed by atoms with Gasteiger partial charge < -0.3 is 9.84 Å². The Balaban J connectivity index is 2.18. The molecule has 0 radical (unpaired) electrons. The number of methoxy groups -OCH3 is 1. The highest BCUT2D eigenvalue weighted by Gasteiger charge is 2.11. The van der Waals surface area contributed by atoms with Gasteiger partial charge in [0.1, 0.15) is 5.75 Å². The summed E-state index contributed by atoms with van der Waals surface area (Å²) in [4.78, 5) is 0. The summed E-state index contributed by atoms with van der Waals surface area (Å²) in [6, 6.07) is 16.3. The Bertz CT molecular complexity index is 534. The van der Waals surface area contributed by atoms with Gasteiger partial charge in [-0.05, 0) is 36.6 Å². The van der Waals surface area contributed by atoms with Gasteiger partial charge >= 0.3 is 0 Å². The van der Waals surface area contributed by atoms with E-state index < -0.39 is 0 Å². The number of hydrogen-bond donors (Lipinski definition) is 1. The second-order valence-corrected chi connectivity index (χ2v) is 4.85. The summed E-state index contributed by atoms with van der Waals surface area (Å²) in [7, 11) is 1.67. The van der Waals surface area contributed by atoms with Gasteiger partial charge in [0.15, 0.2) is 0 Å². The van der Waals surface area contributed by atoms with Crippen LogP contribution in [0.15, 0.2) is 48.5 Å². The molecule has 2 nitrogen and oxygen atoms in total. The minimum Gasteiger partial charge on any atom is -0.497 e. The van der Waals surface area contributed by atoms with E-state index in [-0.39, 0.29) is 12.5 Å². The molecular weight excluding hydrogens is 236 g/mol. The predicted molar refractivity (Wildman–Crippen MR) is 77.7 cm³/mol. The van der Waals surface area contributed by atoms with Gasteiger partial charge in [-0.3, -0.25) is 0 Å². The molecule has 0 saturated heterocycles. The average Bonchev–Trinajstić information content (AvgIpc) is 2.45. The van der Waals surface area contributed by atoms with Crippen molar-refractivity contribution in [1.29, 1.82) is 0 Å². The summed E-state index contributed by atoms with van der Waals surface area (Å²) in [5.74, 6) is 0.991. The Morgan fingerprint density at radius 1 is 1.11 bits per heavy atom. The molecular formula is C17H20O2. The second kappa shape index (κ2) is 6.39. The molecule has 1 unspecified atom stereocenters.